The van der Waals surface area contributed by atoms with Gasteiger partial charge in [-0.3, -0.25) is 4.79 Å². The van der Waals surface area contributed by atoms with Crippen molar-refractivity contribution in [2.75, 3.05) is 24.3 Å². The van der Waals surface area contributed by atoms with Gasteiger partial charge in [0.15, 0.2) is 0 Å². The molecule has 0 spiro atoms. The number of anilines is 2. The summed E-state index contributed by atoms with van der Waals surface area (Å²) < 4.78 is 51.5. The second kappa shape index (κ2) is 12.4. The number of hydrogen-bond acceptors (Lipinski definition) is 6. The highest BCUT2D eigenvalue weighted by atomic mass is 35.5. The van der Waals surface area contributed by atoms with Gasteiger partial charge in [0, 0.05) is 11.8 Å². The quantitative estimate of drug-likeness (QED) is 0.217. The second-order valence-corrected chi connectivity index (χ2v) is 10.9. The molecule has 4 rings (SSSR count). The van der Waals surface area contributed by atoms with Gasteiger partial charge in [0.1, 0.15) is 33.8 Å². The molecule has 4 aromatic carbocycles. The van der Waals surface area contributed by atoms with Crippen molar-refractivity contribution in [1.82, 2.24) is 0 Å². The van der Waals surface area contributed by atoms with E-state index in [1.54, 1.807) is 0 Å². The standard InChI is InChI=1S/C28H23Cl2FN2O5S/c1-37-21-11-13-22(14-12-21)39(35,36)28-26(29)23(32-16-25(34)33-20-9-7-19(31)8-10-20)15-24(27(28)30)38-17-18-5-3-2-4-6-18/h2-15,32H,16-17H2,1H3,(H,33,34). The van der Waals surface area contributed by atoms with Gasteiger partial charge in [-0.1, -0.05) is 53.5 Å². The topological polar surface area (TPSA) is 93.7 Å². The van der Waals surface area contributed by atoms with Crippen LogP contribution in [0.5, 0.6) is 11.5 Å². The van der Waals surface area contributed by atoms with E-state index in [2.05, 4.69) is 10.6 Å². The highest BCUT2D eigenvalue weighted by Gasteiger charge is 2.29. The van der Waals surface area contributed by atoms with Crippen molar-refractivity contribution in [2.24, 2.45) is 0 Å². The summed E-state index contributed by atoms with van der Waals surface area (Å²) in [6, 6.07) is 21.7. The maximum atomic E-state index is 13.7. The molecule has 0 atom stereocenters. The molecular weight excluding hydrogens is 566 g/mol. The monoisotopic (exact) mass is 588 g/mol. The fourth-order valence-electron chi connectivity index (χ4n) is 3.58. The van der Waals surface area contributed by atoms with Gasteiger partial charge in [-0.2, -0.15) is 0 Å². The predicted molar refractivity (Wildman–Crippen MR) is 149 cm³/mol. The minimum atomic E-state index is -4.22. The molecule has 0 bridgehead atoms. The zero-order valence-corrected chi connectivity index (χ0v) is 22.9. The van der Waals surface area contributed by atoms with Gasteiger partial charge in [-0.25, -0.2) is 12.8 Å². The molecule has 0 unspecified atom stereocenters. The van der Waals surface area contributed by atoms with Crippen LogP contribution in [0, 0.1) is 5.82 Å². The molecule has 0 heterocycles. The molecule has 7 nitrogen and oxygen atoms in total. The van der Waals surface area contributed by atoms with Gasteiger partial charge in [-0.05, 0) is 54.1 Å². The van der Waals surface area contributed by atoms with E-state index in [9.17, 15) is 17.6 Å². The van der Waals surface area contributed by atoms with Crippen LogP contribution >= 0.6 is 23.2 Å². The van der Waals surface area contributed by atoms with E-state index in [0.29, 0.717) is 11.4 Å². The Hall–Kier alpha value is -3.79. The third kappa shape index (κ3) is 6.81. The van der Waals surface area contributed by atoms with Gasteiger partial charge < -0.3 is 20.1 Å². The third-order valence-corrected chi connectivity index (χ3v) is 8.40. The average molecular weight is 589 g/mol. The number of hydrogen-bond donors (Lipinski definition) is 2. The fraction of sp³-hybridized carbons (Fsp3) is 0.107. The number of methoxy groups -OCH3 is 1. The molecule has 2 N–H and O–H groups in total. The summed E-state index contributed by atoms with van der Waals surface area (Å²) in [7, 11) is -2.75. The van der Waals surface area contributed by atoms with Gasteiger partial charge in [0.05, 0.1) is 29.3 Å². The minimum absolute atomic E-state index is 0.0541. The number of sulfone groups is 1. The molecule has 39 heavy (non-hydrogen) atoms. The number of rotatable bonds is 10. The molecule has 0 saturated heterocycles. The van der Waals surface area contributed by atoms with Gasteiger partial charge >= 0.3 is 0 Å². The van der Waals surface area contributed by atoms with Gasteiger partial charge in [0.25, 0.3) is 0 Å². The van der Waals surface area contributed by atoms with Crippen LogP contribution in [0.1, 0.15) is 5.56 Å². The second-order valence-electron chi connectivity index (χ2n) is 8.24. The van der Waals surface area contributed by atoms with Crippen LogP contribution in [-0.4, -0.2) is 28.0 Å². The van der Waals surface area contributed by atoms with Crippen molar-refractivity contribution in [3.05, 3.63) is 106 Å². The number of ether oxygens (including phenoxy) is 2. The molecule has 0 aliphatic carbocycles. The van der Waals surface area contributed by atoms with Gasteiger partial charge in [-0.15, -0.1) is 0 Å². The summed E-state index contributed by atoms with van der Waals surface area (Å²) in [6.45, 7) is -0.173. The predicted octanol–water partition coefficient (Wildman–Crippen LogP) is 6.60. The highest BCUT2D eigenvalue weighted by Crippen LogP contribution is 2.44. The normalized spacial score (nSPS) is 11.1. The van der Waals surface area contributed by atoms with E-state index in [0.717, 1.165) is 5.56 Å². The Labute approximate surface area is 235 Å². The molecule has 202 valence electrons. The van der Waals surface area contributed by atoms with Crippen molar-refractivity contribution in [3.8, 4) is 11.5 Å². The summed E-state index contributed by atoms with van der Waals surface area (Å²) in [4.78, 5) is 12.1. The molecule has 4 aromatic rings. The minimum Gasteiger partial charge on any atom is -0.497 e. The largest absolute Gasteiger partial charge is 0.497 e. The molecule has 11 heteroatoms. The van der Waals surface area contributed by atoms with Crippen LogP contribution in [-0.2, 0) is 21.2 Å². The number of benzene rings is 4. The first-order chi connectivity index (χ1) is 18.7. The molecule has 0 aromatic heterocycles. The van der Waals surface area contributed by atoms with Crippen molar-refractivity contribution >= 4 is 50.3 Å². The van der Waals surface area contributed by atoms with Gasteiger partial charge in [0.2, 0.25) is 15.7 Å². The average Bonchev–Trinajstić information content (AvgIpc) is 2.94. The van der Waals surface area contributed by atoms with Crippen LogP contribution in [0.3, 0.4) is 0 Å². The van der Waals surface area contributed by atoms with Crippen LogP contribution in [0.25, 0.3) is 0 Å². The maximum absolute atomic E-state index is 13.7. The summed E-state index contributed by atoms with van der Waals surface area (Å²) >= 11 is 13.2. The number of carbonyl (C=O) groups is 1. The fourth-order valence-corrected chi connectivity index (χ4v) is 6.07. The lowest BCUT2D eigenvalue weighted by Gasteiger charge is -2.18. The lowest BCUT2D eigenvalue weighted by atomic mass is 10.2. The summed E-state index contributed by atoms with van der Waals surface area (Å²) in [6.07, 6.45) is 0. The van der Waals surface area contributed by atoms with E-state index in [1.165, 1.54) is 61.7 Å². The number of halogens is 3. The summed E-state index contributed by atoms with van der Waals surface area (Å²) in [5, 5.41) is 5.05. The maximum Gasteiger partial charge on any atom is 0.243 e. The zero-order chi connectivity index (χ0) is 28.0. The Kier molecular flexibility index (Phi) is 8.96. The Morgan fingerprint density at radius 3 is 2.23 bits per heavy atom. The lowest BCUT2D eigenvalue weighted by Crippen LogP contribution is -2.22. The Balaban J connectivity index is 1.67. The third-order valence-electron chi connectivity index (χ3n) is 5.57. The number of nitrogens with one attached hydrogen (secondary N) is 2. The Bertz CT molecular complexity index is 1570. The van der Waals surface area contributed by atoms with Crippen LogP contribution < -0.4 is 20.1 Å². The van der Waals surface area contributed by atoms with Crippen molar-refractivity contribution < 1.29 is 27.1 Å². The zero-order valence-electron chi connectivity index (χ0n) is 20.6. The first-order valence-electron chi connectivity index (χ1n) is 11.6. The molecule has 0 fully saturated rings. The first kappa shape index (κ1) is 28.2. The summed E-state index contributed by atoms with van der Waals surface area (Å²) in [5.74, 6) is -0.384. The van der Waals surface area contributed by atoms with Crippen molar-refractivity contribution in [1.29, 1.82) is 0 Å². The number of amides is 1. The molecule has 0 radical (unpaired) electrons. The van der Waals surface area contributed by atoms with E-state index >= 15 is 0 Å². The highest BCUT2D eigenvalue weighted by molar-refractivity contribution is 7.91. The van der Waals surface area contributed by atoms with E-state index in [-0.39, 0.29) is 44.4 Å². The van der Waals surface area contributed by atoms with E-state index in [1.807, 2.05) is 30.3 Å². The first-order valence-corrected chi connectivity index (χ1v) is 13.8. The smallest absolute Gasteiger partial charge is 0.243 e. The van der Waals surface area contributed by atoms with E-state index < -0.39 is 21.6 Å². The molecule has 0 saturated carbocycles. The van der Waals surface area contributed by atoms with Crippen LogP contribution in [0.2, 0.25) is 10.0 Å². The molecular formula is C28H23Cl2FN2O5S. The molecule has 1 amide bonds. The SMILES string of the molecule is COc1ccc(S(=O)(=O)c2c(Cl)c(NCC(=O)Nc3ccc(F)cc3)cc(OCc3ccccc3)c2Cl)cc1. The Morgan fingerprint density at radius 2 is 1.59 bits per heavy atom. The van der Waals surface area contributed by atoms with Crippen LogP contribution in [0.4, 0.5) is 15.8 Å². The number of carbonyl (C=O) groups excluding carboxylic acids is 1. The lowest BCUT2D eigenvalue weighted by molar-refractivity contribution is -0.114. The van der Waals surface area contributed by atoms with Crippen molar-refractivity contribution in [2.45, 2.75) is 16.4 Å². The van der Waals surface area contributed by atoms with E-state index in [4.69, 9.17) is 32.7 Å². The van der Waals surface area contributed by atoms with Crippen molar-refractivity contribution in [3.63, 3.8) is 0 Å². The van der Waals surface area contributed by atoms with Crippen LogP contribution in [0.15, 0.2) is 94.7 Å². The molecule has 0 aliphatic heterocycles. The summed E-state index contributed by atoms with van der Waals surface area (Å²) in [5.41, 5.74) is 1.33. The molecule has 0 aliphatic rings. The Morgan fingerprint density at radius 1 is 0.923 bits per heavy atom.